The molecule has 0 unspecified atom stereocenters. The summed E-state index contributed by atoms with van der Waals surface area (Å²) >= 11 is 0. The molecule has 0 aromatic heterocycles. The molecule has 0 atom stereocenters. The molecule has 0 saturated carbocycles. The van der Waals surface area contributed by atoms with Crippen molar-refractivity contribution in [1.82, 2.24) is 0 Å². The molecule has 6 heteroatoms. The number of unbranched alkanes of at least 4 members (excludes halogenated alkanes) is 2. The number of rotatable bonds is 10. The fourth-order valence-corrected chi connectivity index (χ4v) is 6.51. The van der Waals surface area contributed by atoms with Crippen LogP contribution in [0.3, 0.4) is 0 Å². The van der Waals surface area contributed by atoms with Gasteiger partial charge in [-0.05, 0) is 31.0 Å². The van der Waals surface area contributed by atoms with Gasteiger partial charge in [-0.3, -0.25) is 0 Å². The predicted octanol–water partition coefficient (Wildman–Crippen LogP) is 5.82. The Bertz CT molecular complexity index is 715. The van der Waals surface area contributed by atoms with E-state index < -0.39 is 16.4 Å². The van der Waals surface area contributed by atoms with Crippen LogP contribution in [-0.2, 0) is 4.43 Å². The highest BCUT2D eigenvalue weighted by Crippen LogP contribution is 2.36. The van der Waals surface area contributed by atoms with Crippen molar-refractivity contribution in [1.29, 1.82) is 0 Å². The summed E-state index contributed by atoms with van der Waals surface area (Å²) in [6.45, 7) is 16.9. The number of hydrogen-bond acceptors (Lipinski definition) is 4. The summed E-state index contributed by atoms with van der Waals surface area (Å²) in [6.07, 6.45) is 3.07. The van der Waals surface area contributed by atoms with E-state index in [0.29, 0.717) is 0 Å². The van der Waals surface area contributed by atoms with Gasteiger partial charge in [0.1, 0.15) is 25.3 Å². The molecule has 0 aliphatic rings. The highest BCUT2D eigenvalue weighted by Gasteiger charge is 2.36. The summed E-state index contributed by atoms with van der Waals surface area (Å²) in [5.41, 5.74) is 0. The molecule has 0 saturated heterocycles. The molecule has 0 spiro atoms. The molecule has 0 heterocycles. The molecular formula is C24H42O4Si2. The first-order valence-corrected chi connectivity index (χ1v) is 16.9. The molecule has 0 bridgehead atoms. The largest absolute Gasteiger partial charge is 0.497 e. The lowest BCUT2D eigenvalue weighted by Crippen LogP contribution is -2.42. The fourth-order valence-electron chi connectivity index (χ4n) is 2.99. The Balaban J connectivity index is 2.65. The van der Waals surface area contributed by atoms with Gasteiger partial charge < -0.3 is 18.6 Å². The Morgan fingerprint density at radius 2 is 1.40 bits per heavy atom. The van der Waals surface area contributed by atoms with Crippen LogP contribution in [-0.4, -0.2) is 44.3 Å². The molecule has 0 radical (unpaired) electrons. The lowest BCUT2D eigenvalue weighted by Gasteiger charge is -2.36. The molecule has 0 fully saturated rings. The van der Waals surface area contributed by atoms with Gasteiger partial charge in [0.2, 0.25) is 0 Å². The molecule has 0 aliphatic heterocycles. The third kappa shape index (κ3) is 7.37. The summed E-state index contributed by atoms with van der Waals surface area (Å²) in [7, 11) is 1.54. The highest BCUT2D eigenvalue weighted by atomic mass is 28.4. The number of ether oxygens (including phenoxy) is 3. The zero-order valence-electron chi connectivity index (χ0n) is 20.8. The normalized spacial score (nSPS) is 12.2. The van der Waals surface area contributed by atoms with Gasteiger partial charge in [0, 0.05) is 36.4 Å². The first kappa shape index (κ1) is 26.6. The number of benzene rings is 1. The van der Waals surface area contributed by atoms with Gasteiger partial charge in [-0.15, -0.1) is 11.8 Å². The van der Waals surface area contributed by atoms with E-state index in [0.717, 1.165) is 54.3 Å². The molecule has 1 rings (SSSR count). The molecule has 0 amide bonds. The molecule has 0 aliphatic carbocycles. The van der Waals surface area contributed by atoms with Crippen LogP contribution in [0, 0.1) is 11.8 Å². The average molecular weight is 451 g/mol. The number of methoxy groups -OCH3 is 3. The average Bonchev–Trinajstić information content (AvgIpc) is 2.67. The van der Waals surface area contributed by atoms with Gasteiger partial charge in [-0.25, -0.2) is 0 Å². The van der Waals surface area contributed by atoms with Crippen LogP contribution in [0.2, 0.25) is 37.3 Å². The fraction of sp³-hybridized carbons (Fsp3) is 0.667. The summed E-state index contributed by atoms with van der Waals surface area (Å²) in [5.74, 6) is 9.19. The minimum absolute atomic E-state index is 0.270. The van der Waals surface area contributed by atoms with E-state index in [1.807, 2.05) is 12.1 Å². The SMILES string of the molecule is COc1cc(OC)c([Si](C)(C)CC#CCCCCO[Si](C)(C)C(C)(C)C)c(OC)c1. The van der Waals surface area contributed by atoms with Crippen LogP contribution in [0.25, 0.3) is 0 Å². The third-order valence-corrected chi connectivity index (χ3v) is 13.5. The van der Waals surface area contributed by atoms with E-state index in [1.54, 1.807) is 21.3 Å². The molecule has 4 nitrogen and oxygen atoms in total. The van der Waals surface area contributed by atoms with Crippen molar-refractivity contribution in [3.8, 4) is 29.1 Å². The lowest BCUT2D eigenvalue weighted by molar-refractivity contribution is 0.280. The molecule has 1 aromatic carbocycles. The first-order chi connectivity index (χ1) is 13.9. The third-order valence-electron chi connectivity index (χ3n) is 6.01. The summed E-state index contributed by atoms with van der Waals surface area (Å²) in [6, 6.07) is 4.73. The monoisotopic (exact) mass is 450 g/mol. The molecule has 1 aromatic rings. The van der Waals surface area contributed by atoms with E-state index in [-0.39, 0.29) is 5.04 Å². The molecule has 170 valence electrons. The van der Waals surface area contributed by atoms with Crippen molar-refractivity contribution >= 4 is 21.6 Å². The zero-order chi connectivity index (χ0) is 23.0. The topological polar surface area (TPSA) is 36.9 Å². The van der Waals surface area contributed by atoms with E-state index >= 15 is 0 Å². The van der Waals surface area contributed by atoms with E-state index in [9.17, 15) is 0 Å². The molecule has 0 N–H and O–H groups in total. The van der Waals surface area contributed by atoms with Gasteiger partial charge in [-0.1, -0.05) is 33.9 Å². The van der Waals surface area contributed by atoms with Crippen LogP contribution in [0.15, 0.2) is 12.1 Å². The maximum Gasteiger partial charge on any atom is 0.191 e. The maximum atomic E-state index is 6.24. The van der Waals surface area contributed by atoms with Crippen LogP contribution >= 0.6 is 0 Å². The standard InChI is InChI=1S/C24H42O4Si2/c1-24(2,3)30(9,10)28-16-14-12-11-13-15-17-29(7,8)23-21(26-5)18-20(25-4)19-22(23)27-6/h18-19H,11-12,14,16-17H2,1-10H3. The van der Waals surface area contributed by atoms with Crippen molar-refractivity contribution < 1.29 is 18.6 Å². The minimum atomic E-state index is -1.87. The van der Waals surface area contributed by atoms with Crippen LogP contribution in [0.5, 0.6) is 17.2 Å². The highest BCUT2D eigenvalue weighted by molar-refractivity contribution is 6.91. The molecule has 30 heavy (non-hydrogen) atoms. The van der Waals surface area contributed by atoms with Gasteiger partial charge >= 0.3 is 0 Å². The van der Waals surface area contributed by atoms with Crippen molar-refractivity contribution in [2.24, 2.45) is 0 Å². The summed E-state index contributed by atoms with van der Waals surface area (Å²) in [4.78, 5) is 0. The molecular weight excluding hydrogens is 408 g/mol. The summed E-state index contributed by atoms with van der Waals surface area (Å²) < 4.78 is 22.9. The number of hydrogen-bond donors (Lipinski definition) is 0. The van der Waals surface area contributed by atoms with E-state index in [1.165, 1.54) is 0 Å². The predicted molar refractivity (Wildman–Crippen MR) is 133 cm³/mol. The van der Waals surface area contributed by atoms with E-state index in [2.05, 4.69) is 58.8 Å². The van der Waals surface area contributed by atoms with Crippen molar-refractivity contribution in [2.75, 3.05) is 27.9 Å². The smallest absolute Gasteiger partial charge is 0.191 e. The van der Waals surface area contributed by atoms with Crippen LogP contribution in [0.1, 0.15) is 40.0 Å². The van der Waals surface area contributed by atoms with Gasteiger partial charge in [-0.2, -0.15) is 0 Å². The Labute approximate surface area is 186 Å². The minimum Gasteiger partial charge on any atom is -0.497 e. The van der Waals surface area contributed by atoms with Gasteiger partial charge in [0.25, 0.3) is 0 Å². The van der Waals surface area contributed by atoms with Crippen LogP contribution < -0.4 is 19.4 Å². The Morgan fingerprint density at radius 3 is 1.87 bits per heavy atom. The lowest BCUT2D eigenvalue weighted by atomic mass is 10.2. The van der Waals surface area contributed by atoms with Gasteiger partial charge in [0.05, 0.1) is 21.3 Å². The Kier molecular flexibility index (Phi) is 9.99. The quantitative estimate of drug-likeness (QED) is 0.255. The van der Waals surface area contributed by atoms with Crippen molar-refractivity contribution in [3.63, 3.8) is 0 Å². The van der Waals surface area contributed by atoms with Crippen LogP contribution in [0.4, 0.5) is 0 Å². The van der Waals surface area contributed by atoms with Gasteiger partial charge in [0.15, 0.2) is 8.32 Å². The van der Waals surface area contributed by atoms with Crippen molar-refractivity contribution in [3.05, 3.63) is 12.1 Å². The van der Waals surface area contributed by atoms with E-state index in [4.69, 9.17) is 18.6 Å². The second-order valence-electron chi connectivity index (χ2n) is 9.89. The first-order valence-electron chi connectivity index (χ1n) is 10.8. The maximum absolute atomic E-state index is 6.24. The Morgan fingerprint density at radius 1 is 0.833 bits per heavy atom. The second-order valence-corrected chi connectivity index (χ2v) is 19.3. The second kappa shape index (κ2) is 11.3. The Hall–Kier alpha value is -1.43. The van der Waals surface area contributed by atoms with Crippen molar-refractivity contribution in [2.45, 2.75) is 77.3 Å². The summed E-state index contributed by atoms with van der Waals surface area (Å²) in [5, 5.41) is 1.43. The zero-order valence-corrected chi connectivity index (χ0v) is 22.8.